The van der Waals surface area contributed by atoms with Crippen LogP contribution in [-0.4, -0.2) is 30.7 Å². The van der Waals surface area contributed by atoms with Crippen LogP contribution in [0.25, 0.3) is 11.8 Å². The predicted octanol–water partition coefficient (Wildman–Crippen LogP) is 4.98. The van der Waals surface area contributed by atoms with E-state index in [9.17, 15) is 9.59 Å². The molecule has 2 aromatic carbocycles. The molecule has 0 saturated heterocycles. The number of allylic oxidation sites excluding steroid dienone is 1. The van der Waals surface area contributed by atoms with Crippen LogP contribution in [0.15, 0.2) is 77.5 Å². The zero-order valence-corrected chi connectivity index (χ0v) is 19.4. The number of rotatable bonds is 5. The van der Waals surface area contributed by atoms with Gasteiger partial charge in [0.2, 0.25) is 0 Å². The Morgan fingerprint density at radius 2 is 1.58 bits per heavy atom. The zero-order chi connectivity index (χ0) is 23.7. The van der Waals surface area contributed by atoms with Gasteiger partial charge in [0.05, 0.1) is 25.4 Å². The summed E-state index contributed by atoms with van der Waals surface area (Å²) < 4.78 is 12.4. The molecule has 2 heterocycles. The van der Waals surface area contributed by atoms with Crippen molar-refractivity contribution < 1.29 is 19.1 Å². The molecule has 168 valence electrons. The zero-order valence-electron chi connectivity index (χ0n) is 19.4. The van der Waals surface area contributed by atoms with Gasteiger partial charge in [0.15, 0.2) is 0 Å². The minimum Gasteiger partial charge on any atom is -0.497 e. The highest BCUT2D eigenvalue weighted by Crippen LogP contribution is 2.36. The monoisotopic (exact) mass is 442 g/mol. The van der Waals surface area contributed by atoms with Gasteiger partial charge in [-0.3, -0.25) is 9.69 Å². The number of methoxy groups -OCH3 is 2. The van der Waals surface area contributed by atoms with Crippen molar-refractivity contribution >= 4 is 23.6 Å². The number of carbonyl (C=O) groups excluding carboxylic acids is 2. The number of hydrogen-bond acceptors (Lipinski definition) is 4. The van der Waals surface area contributed by atoms with Gasteiger partial charge >= 0.3 is 5.97 Å². The van der Waals surface area contributed by atoms with Crippen LogP contribution in [0.4, 0.5) is 5.69 Å². The summed E-state index contributed by atoms with van der Waals surface area (Å²) in [6.45, 7) is 5.76. The maximum Gasteiger partial charge on any atom is 0.340 e. The van der Waals surface area contributed by atoms with E-state index in [1.165, 1.54) is 7.11 Å². The van der Waals surface area contributed by atoms with Gasteiger partial charge < -0.3 is 14.0 Å². The second kappa shape index (κ2) is 8.82. The lowest BCUT2D eigenvalue weighted by molar-refractivity contribution is -0.136. The normalized spacial score (nSPS) is 14.9. The topological polar surface area (TPSA) is 60.8 Å². The van der Waals surface area contributed by atoms with Crippen LogP contribution in [-0.2, 0) is 14.3 Å². The van der Waals surface area contributed by atoms with E-state index in [-0.39, 0.29) is 11.5 Å². The maximum atomic E-state index is 13.5. The number of aryl methyl sites for hydroxylation is 1. The van der Waals surface area contributed by atoms with Gasteiger partial charge in [0.1, 0.15) is 5.75 Å². The first-order chi connectivity index (χ1) is 15.9. The summed E-state index contributed by atoms with van der Waals surface area (Å²) in [6, 6.07) is 19.1. The summed E-state index contributed by atoms with van der Waals surface area (Å²) in [5.41, 5.74) is 5.66. The Labute approximate surface area is 193 Å². The van der Waals surface area contributed by atoms with Crippen molar-refractivity contribution in [1.82, 2.24) is 4.57 Å². The van der Waals surface area contributed by atoms with Crippen LogP contribution in [0.3, 0.4) is 0 Å². The molecule has 0 atom stereocenters. The van der Waals surface area contributed by atoms with Crippen molar-refractivity contribution in [3.63, 3.8) is 0 Å². The Kier molecular flexibility index (Phi) is 5.92. The Morgan fingerprint density at radius 1 is 0.909 bits per heavy atom. The van der Waals surface area contributed by atoms with Crippen molar-refractivity contribution in [2.45, 2.75) is 20.8 Å². The molecular formula is C27H26N2O4. The van der Waals surface area contributed by atoms with Gasteiger partial charge in [0, 0.05) is 28.5 Å². The third kappa shape index (κ3) is 3.84. The number of carbonyl (C=O) groups is 2. The summed E-state index contributed by atoms with van der Waals surface area (Å²) in [4.78, 5) is 27.7. The fourth-order valence-corrected chi connectivity index (χ4v) is 4.29. The third-order valence-corrected chi connectivity index (χ3v) is 5.90. The third-order valence-electron chi connectivity index (χ3n) is 5.90. The molecule has 0 radical (unpaired) electrons. The van der Waals surface area contributed by atoms with Crippen LogP contribution in [0, 0.1) is 13.8 Å². The molecule has 0 unspecified atom stereocenters. The van der Waals surface area contributed by atoms with E-state index in [2.05, 4.69) is 4.57 Å². The van der Waals surface area contributed by atoms with Crippen molar-refractivity contribution in [3.8, 4) is 11.4 Å². The van der Waals surface area contributed by atoms with Gasteiger partial charge in [-0.25, -0.2) is 4.79 Å². The van der Waals surface area contributed by atoms with Crippen LogP contribution < -0.4 is 9.64 Å². The van der Waals surface area contributed by atoms with E-state index in [1.807, 2.05) is 74.5 Å². The summed E-state index contributed by atoms with van der Waals surface area (Å²) >= 11 is 0. The molecule has 33 heavy (non-hydrogen) atoms. The highest BCUT2D eigenvalue weighted by atomic mass is 16.5. The molecule has 6 heteroatoms. The standard InChI is InChI=1S/C27H26N2O4/c1-17-15-20(18(2)28(17)22-11-13-23(32-4)14-12-22)16-24-25(27(31)33-5)19(3)29(26(24)30)21-9-7-6-8-10-21/h6-16H,1-5H3/b24-16+. The maximum absolute atomic E-state index is 13.5. The number of benzene rings is 2. The average molecular weight is 443 g/mol. The fraction of sp³-hybridized carbons (Fsp3) is 0.185. The Bertz CT molecular complexity index is 1280. The highest BCUT2D eigenvalue weighted by molar-refractivity contribution is 6.23. The molecule has 0 fully saturated rings. The van der Waals surface area contributed by atoms with Gasteiger partial charge in [-0.15, -0.1) is 0 Å². The second-order valence-electron chi connectivity index (χ2n) is 7.85. The number of aromatic nitrogens is 1. The van der Waals surface area contributed by atoms with Crippen LogP contribution in [0.2, 0.25) is 0 Å². The number of esters is 1. The van der Waals surface area contributed by atoms with Crippen molar-refractivity contribution in [2.24, 2.45) is 0 Å². The summed E-state index contributed by atoms with van der Waals surface area (Å²) in [5, 5.41) is 0. The van der Waals surface area contributed by atoms with Crippen molar-refractivity contribution in [3.05, 3.63) is 94.5 Å². The summed E-state index contributed by atoms with van der Waals surface area (Å²) in [7, 11) is 2.96. The smallest absolute Gasteiger partial charge is 0.340 e. The van der Waals surface area contributed by atoms with Crippen LogP contribution in [0.1, 0.15) is 23.9 Å². The average Bonchev–Trinajstić information content (AvgIpc) is 3.25. The number of ether oxygens (including phenoxy) is 2. The molecular weight excluding hydrogens is 416 g/mol. The molecule has 0 aliphatic carbocycles. The number of amides is 1. The van der Waals surface area contributed by atoms with Gasteiger partial charge in [0.25, 0.3) is 5.91 Å². The van der Waals surface area contributed by atoms with E-state index in [4.69, 9.17) is 9.47 Å². The van der Waals surface area contributed by atoms with E-state index >= 15 is 0 Å². The number of nitrogens with zero attached hydrogens (tertiary/aromatic N) is 2. The highest BCUT2D eigenvalue weighted by Gasteiger charge is 2.38. The van der Waals surface area contributed by atoms with E-state index in [1.54, 1.807) is 25.0 Å². The molecule has 0 N–H and O–H groups in total. The predicted molar refractivity (Wildman–Crippen MR) is 128 cm³/mol. The van der Waals surface area contributed by atoms with E-state index in [0.29, 0.717) is 17.0 Å². The first kappa shape index (κ1) is 22.1. The molecule has 1 aromatic heterocycles. The molecule has 0 saturated carbocycles. The number of anilines is 1. The lowest BCUT2D eigenvalue weighted by atomic mass is 10.0. The van der Waals surface area contributed by atoms with Crippen molar-refractivity contribution in [2.75, 3.05) is 19.1 Å². The largest absolute Gasteiger partial charge is 0.497 e. The van der Waals surface area contributed by atoms with Gasteiger partial charge in [-0.2, -0.15) is 0 Å². The van der Waals surface area contributed by atoms with Gasteiger partial charge in [-0.05, 0) is 74.9 Å². The molecule has 4 rings (SSSR count). The lowest BCUT2D eigenvalue weighted by Crippen LogP contribution is -2.24. The minimum atomic E-state index is -0.533. The SMILES string of the molecule is COC(=O)C1=C(C)N(c2ccccc2)C(=O)/C1=C/c1cc(C)n(-c2ccc(OC)cc2)c1C. The first-order valence-corrected chi connectivity index (χ1v) is 10.6. The molecule has 1 amide bonds. The molecule has 0 bridgehead atoms. The number of para-hydroxylation sites is 1. The lowest BCUT2D eigenvalue weighted by Gasteiger charge is -2.17. The van der Waals surface area contributed by atoms with Crippen LogP contribution in [0.5, 0.6) is 5.75 Å². The first-order valence-electron chi connectivity index (χ1n) is 10.6. The Hall–Kier alpha value is -4.06. The molecule has 1 aliphatic rings. The van der Waals surface area contributed by atoms with Crippen LogP contribution >= 0.6 is 0 Å². The molecule has 1 aliphatic heterocycles. The number of hydrogen-bond donors (Lipinski definition) is 0. The summed E-state index contributed by atoms with van der Waals surface area (Å²) in [6.07, 6.45) is 1.78. The quantitative estimate of drug-likeness (QED) is 0.413. The molecule has 3 aromatic rings. The Balaban J connectivity index is 1.82. The molecule has 6 nitrogen and oxygen atoms in total. The fourth-order valence-electron chi connectivity index (χ4n) is 4.29. The van der Waals surface area contributed by atoms with E-state index < -0.39 is 5.97 Å². The second-order valence-corrected chi connectivity index (χ2v) is 7.85. The van der Waals surface area contributed by atoms with E-state index in [0.717, 1.165) is 28.4 Å². The molecule has 0 spiro atoms. The summed E-state index contributed by atoms with van der Waals surface area (Å²) in [5.74, 6) is -0.00714. The Morgan fingerprint density at radius 3 is 2.18 bits per heavy atom. The minimum absolute atomic E-state index is 0.256. The van der Waals surface area contributed by atoms with Gasteiger partial charge in [-0.1, -0.05) is 18.2 Å². The van der Waals surface area contributed by atoms with Crippen molar-refractivity contribution in [1.29, 1.82) is 0 Å².